The quantitative estimate of drug-likeness (QED) is 0.521. The van der Waals surface area contributed by atoms with E-state index in [0.717, 1.165) is 10.6 Å². The molecule has 2 aromatic heterocycles. The first-order valence-electron chi connectivity index (χ1n) is 7.95. The fourth-order valence-corrected chi connectivity index (χ4v) is 2.36. The van der Waals surface area contributed by atoms with Crippen molar-refractivity contribution in [1.82, 2.24) is 15.0 Å². The first-order chi connectivity index (χ1) is 11.8. The summed E-state index contributed by atoms with van der Waals surface area (Å²) >= 11 is 1.58. The summed E-state index contributed by atoms with van der Waals surface area (Å²) in [7, 11) is 0. The number of thioether (sulfide) groups is 1. The molecule has 0 bridgehead atoms. The van der Waals surface area contributed by atoms with Gasteiger partial charge in [-0.3, -0.25) is 0 Å². The lowest BCUT2D eigenvalue weighted by Gasteiger charge is -2.09. The summed E-state index contributed by atoms with van der Waals surface area (Å²) in [5.74, 6) is 1.33. The SMILES string of the molecule is CC.CC.CSc1cc(Oc2ccnc3nccnc23)ccc1N. The van der Waals surface area contributed by atoms with Gasteiger partial charge in [-0.05, 0) is 24.5 Å². The topological polar surface area (TPSA) is 73.9 Å². The maximum absolute atomic E-state index is 5.88. The fraction of sp³-hybridized carbons (Fsp3) is 0.278. The van der Waals surface area contributed by atoms with Crippen molar-refractivity contribution >= 4 is 28.6 Å². The largest absolute Gasteiger partial charge is 0.455 e. The summed E-state index contributed by atoms with van der Waals surface area (Å²) in [5.41, 5.74) is 7.81. The standard InChI is InChI=1S/C14H12N4OS.2C2H6/c1-20-12-8-9(2-3-10(12)15)19-11-4-5-17-14-13(11)16-6-7-18-14;2*1-2/h2-8H,15H2,1H3;2*1-2H3. The highest BCUT2D eigenvalue weighted by Crippen LogP contribution is 2.31. The summed E-state index contributed by atoms with van der Waals surface area (Å²) in [6.07, 6.45) is 6.85. The number of aromatic nitrogens is 3. The van der Waals surface area contributed by atoms with Crippen molar-refractivity contribution in [3.05, 3.63) is 42.9 Å². The van der Waals surface area contributed by atoms with Crippen LogP contribution in [0.4, 0.5) is 5.69 Å². The molecule has 0 atom stereocenters. The molecular weight excluding hydrogens is 320 g/mol. The van der Waals surface area contributed by atoms with Gasteiger partial charge in [0.25, 0.3) is 0 Å². The minimum absolute atomic E-state index is 0.561. The zero-order valence-corrected chi connectivity index (χ0v) is 15.6. The van der Waals surface area contributed by atoms with Crippen LogP contribution in [0.5, 0.6) is 11.5 Å². The first kappa shape index (κ1) is 19.7. The maximum Gasteiger partial charge on any atom is 0.182 e. The highest BCUT2D eigenvalue weighted by molar-refractivity contribution is 7.98. The van der Waals surface area contributed by atoms with E-state index in [2.05, 4.69) is 15.0 Å². The second kappa shape index (κ2) is 10.4. The lowest BCUT2D eigenvalue weighted by molar-refractivity contribution is 0.485. The van der Waals surface area contributed by atoms with Gasteiger partial charge in [0.15, 0.2) is 16.9 Å². The number of benzene rings is 1. The predicted molar refractivity (Wildman–Crippen MR) is 103 cm³/mol. The number of nitrogen functional groups attached to an aromatic ring is 1. The smallest absolute Gasteiger partial charge is 0.182 e. The molecule has 0 amide bonds. The van der Waals surface area contributed by atoms with Crippen LogP contribution in [0.3, 0.4) is 0 Å². The van der Waals surface area contributed by atoms with Gasteiger partial charge >= 0.3 is 0 Å². The molecule has 0 saturated carbocycles. The van der Waals surface area contributed by atoms with Crippen LogP contribution in [0, 0.1) is 0 Å². The van der Waals surface area contributed by atoms with E-state index < -0.39 is 0 Å². The highest BCUT2D eigenvalue weighted by atomic mass is 32.2. The first-order valence-corrected chi connectivity index (χ1v) is 9.17. The van der Waals surface area contributed by atoms with Crippen molar-refractivity contribution in [2.75, 3.05) is 12.0 Å². The summed E-state index contributed by atoms with van der Waals surface area (Å²) in [4.78, 5) is 13.5. The lowest BCUT2D eigenvalue weighted by atomic mass is 10.3. The van der Waals surface area contributed by atoms with Crippen LogP contribution in [-0.2, 0) is 0 Å². The number of anilines is 1. The second-order valence-electron chi connectivity index (χ2n) is 4.04. The Kier molecular flexibility index (Phi) is 8.57. The predicted octanol–water partition coefficient (Wildman–Crippen LogP) is 5.17. The number of pyridine rings is 1. The molecule has 128 valence electrons. The fourth-order valence-electron chi connectivity index (χ4n) is 1.82. The average molecular weight is 344 g/mol. The Morgan fingerprint density at radius 3 is 2.29 bits per heavy atom. The summed E-state index contributed by atoms with van der Waals surface area (Å²) in [6, 6.07) is 7.34. The molecule has 0 aliphatic heterocycles. The van der Waals surface area contributed by atoms with Gasteiger partial charge < -0.3 is 10.5 Å². The van der Waals surface area contributed by atoms with E-state index in [9.17, 15) is 0 Å². The minimum atomic E-state index is 0.561. The van der Waals surface area contributed by atoms with E-state index in [1.54, 1.807) is 36.4 Å². The third-order valence-corrected chi connectivity index (χ3v) is 3.56. The molecule has 2 heterocycles. The van der Waals surface area contributed by atoms with Crippen LogP contribution < -0.4 is 10.5 Å². The van der Waals surface area contributed by atoms with Gasteiger partial charge in [0, 0.05) is 35.2 Å². The zero-order valence-electron chi connectivity index (χ0n) is 14.8. The minimum Gasteiger partial charge on any atom is -0.455 e. The molecule has 3 rings (SSSR count). The van der Waals surface area contributed by atoms with Gasteiger partial charge in [0.05, 0.1) is 0 Å². The molecule has 0 saturated heterocycles. The Morgan fingerprint density at radius 2 is 1.58 bits per heavy atom. The van der Waals surface area contributed by atoms with E-state index >= 15 is 0 Å². The number of ether oxygens (including phenoxy) is 1. The van der Waals surface area contributed by atoms with E-state index in [1.807, 2.05) is 52.1 Å². The molecule has 1 aromatic carbocycles. The Morgan fingerprint density at radius 1 is 0.917 bits per heavy atom. The van der Waals surface area contributed by atoms with Crippen molar-refractivity contribution in [1.29, 1.82) is 0 Å². The van der Waals surface area contributed by atoms with E-state index in [0.29, 0.717) is 22.7 Å². The van der Waals surface area contributed by atoms with Crippen molar-refractivity contribution < 1.29 is 4.74 Å². The number of nitrogens with zero attached hydrogens (tertiary/aromatic N) is 3. The van der Waals surface area contributed by atoms with E-state index in [1.165, 1.54) is 0 Å². The van der Waals surface area contributed by atoms with Crippen LogP contribution in [-0.4, -0.2) is 21.2 Å². The average Bonchev–Trinajstić information content (AvgIpc) is 2.67. The van der Waals surface area contributed by atoms with Crippen molar-refractivity contribution in [2.24, 2.45) is 0 Å². The van der Waals surface area contributed by atoms with Crippen LogP contribution in [0.1, 0.15) is 27.7 Å². The Balaban J connectivity index is 0.000000671. The van der Waals surface area contributed by atoms with Crippen LogP contribution in [0.15, 0.2) is 47.8 Å². The zero-order chi connectivity index (χ0) is 17.9. The van der Waals surface area contributed by atoms with Crippen molar-refractivity contribution in [2.45, 2.75) is 32.6 Å². The van der Waals surface area contributed by atoms with Gasteiger partial charge in [-0.25, -0.2) is 15.0 Å². The van der Waals surface area contributed by atoms with Crippen LogP contribution >= 0.6 is 11.8 Å². The third kappa shape index (κ3) is 4.83. The summed E-state index contributed by atoms with van der Waals surface area (Å²) in [6.45, 7) is 8.00. The molecular formula is C18H24N4OS. The molecule has 5 nitrogen and oxygen atoms in total. The Labute approximate surface area is 147 Å². The molecule has 6 heteroatoms. The molecule has 2 N–H and O–H groups in total. The van der Waals surface area contributed by atoms with Gasteiger partial charge in [-0.15, -0.1) is 11.8 Å². The van der Waals surface area contributed by atoms with Gasteiger partial charge in [-0.2, -0.15) is 0 Å². The normalized spacial score (nSPS) is 9.38. The molecule has 0 spiro atoms. The lowest BCUT2D eigenvalue weighted by Crippen LogP contribution is -1.93. The second-order valence-corrected chi connectivity index (χ2v) is 4.89. The molecule has 0 aliphatic carbocycles. The summed E-state index contributed by atoms with van der Waals surface area (Å²) < 4.78 is 5.88. The molecule has 24 heavy (non-hydrogen) atoms. The molecule has 3 aromatic rings. The molecule has 0 fully saturated rings. The monoisotopic (exact) mass is 344 g/mol. The Hall–Kier alpha value is -2.34. The molecule has 0 radical (unpaired) electrons. The maximum atomic E-state index is 5.88. The third-order valence-electron chi connectivity index (χ3n) is 2.77. The number of rotatable bonds is 3. The molecule has 0 aliphatic rings. The van der Waals surface area contributed by atoms with E-state index in [-0.39, 0.29) is 0 Å². The van der Waals surface area contributed by atoms with Crippen LogP contribution in [0.25, 0.3) is 11.2 Å². The van der Waals surface area contributed by atoms with Gasteiger partial charge in [-0.1, -0.05) is 27.7 Å². The number of hydrogen-bond acceptors (Lipinski definition) is 6. The number of nitrogens with two attached hydrogens (primary N) is 1. The number of hydrogen-bond donors (Lipinski definition) is 1. The Bertz CT molecular complexity index is 760. The van der Waals surface area contributed by atoms with E-state index in [4.69, 9.17) is 10.5 Å². The highest BCUT2D eigenvalue weighted by Gasteiger charge is 2.07. The summed E-state index contributed by atoms with van der Waals surface area (Å²) in [5, 5.41) is 0. The van der Waals surface area contributed by atoms with Crippen LogP contribution in [0.2, 0.25) is 0 Å². The van der Waals surface area contributed by atoms with Gasteiger partial charge in [0.1, 0.15) is 5.75 Å². The van der Waals surface area contributed by atoms with Gasteiger partial charge in [0.2, 0.25) is 0 Å². The van der Waals surface area contributed by atoms with Crippen molar-refractivity contribution in [3.8, 4) is 11.5 Å². The molecule has 0 unspecified atom stereocenters. The number of fused-ring (bicyclic) bond motifs is 1. The van der Waals surface area contributed by atoms with Crippen molar-refractivity contribution in [3.63, 3.8) is 0 Å².